The summed E-state index contributed by atoms with van der Waals surface area (Å²) in [5, 5.41) is 0.787. The summed E-state index contributed by atoms with van der Waals surface area (Å²) in [6.45, 7) is 2.32. The minimum atomic E-state index is -0.393. The van der Waals surface area contributed by atoms with Gasteiger partial charge in [0.2, 0.25) is 0 Å². The molecule has 2 aromatic rings. The Kier molecular flexibility index (Phi) is 3.81. The molecular formula is C13H11BrFNO2. The monoisotopic (exact) mass is 311 g/mol. The molecule has 2 rings (SSSR count). The zero-order valence-corrected chi connectivity index (χ0v) is 11.3. The van der Waals surface area contributed by atoms with E-state index in [1.165, 1.54) is 29.0 Å². The van der Waals surface area contributed by atoms with Crippen molar-refractivity contribution < 1.29 is 13.9 Å². The minimum Gasteiger partial charge on any atom is -0.501 e. The Morgan fingerprint density at radius 3 is 3.06 bits per heavy atom. The van der Waals surface area contributed by atoms with Crippen molar-refractivity contribution in [3.63, 3.8) is 0 Å². The van der Waals surface area contributed by atoms with E-state index in [1.807, 2.05) is 6.92 Å². The molecule has 0 N–H and O–H groups in total. The lowest BCUT2D eigenvalue weighted by molar-refractivity contribution is 0.0969. The zero-order chi connectivity index (χ0) is 13.1. The molecule has 1 aromatic carbocycles. The summed E-state index contributed by atoms with van der Waals surface area (Å²) in [4.78, 5) is 11.9. The maximum atomic E-state index is 13.3. The Balaban J connectivity index is 2.43. The van der Waals surface area contributed by atoms with Gasteiger partial charge in [0, 0.05) is 22.1 Å². The first kappa shape index (κ1) is 12.8. The van der Waals surface area contributed by atoms with Crippen molar-refractivity contribution in [2.45, 2.75) is 6.92 Å². The Morgan fingerprint density at radius 2 is 2.33 bits per heavy atom. The first-order chi connectivity index (χ1) is 8.63. The number of nitrogens with zero attached hydrogens (tertiary/aromatic N) is 1. The standard InChI is InChI=1S/C13H11BrFNO2/c1-2-18-6-4-13(17)16-5-3-10-11(14)7-9(15)8-12(10)16/h3-8H,2H2,1H3. The van der Waals surface area contributed by atoms with Crippen LogP contribution in [-0.4, -0.2) is 17.1 Å². The molecular weight excluding hydrogens is 301 g/mol. The van der Waals surface area contributed by atoms with Crippen LogP contribution in [0.25, 0.3) is 10.9 Å². The van der Waals surface area contributed by atoms with E-state index in [4.69, 9.17) is 4.74 Å². The quantitative estimate of drug-likeness (QED) is 0.639. The van der Waals surface area contributed by atoms with Crippen molar-refractivity contribution in [3.8, 4) is 0 Å². The molecule has 3 nitrogen and oxygen atoms in total. The normalized spacial score (nSPS) is 11.3. The van der Waals surface area contributed by atoms with Gasteiger partial charge in [0.05, 0.1) is 18.4 Å². The molecule has 5 heteroatoms. The van der Waals surface area contributed by atoms with Gasteiger partial charge in [-0.1, -0.05) is 0 Å². The van der Waals surface area contributed by atoms with Crippen molar-refractivity contribution in [2.24, 2.45) is 0 Å². The van der Waals surface area contributed by atoms with Crippen molar-refractivity contribution in [3.05, 3.63) is 47.0 Å². The topological polar surface area (TPSA) is 31.2 Å². The molecule has 18 heavy (non-hydrogen) atoms. The molecule has 0 atom stereocenters. The van der Waals surface area contributed by atoms with E-state index >= 15 is 0 Å². The highest BCUT2D eigenvalue weighted by Gasteiger charge is 2.10. The number of carbonyl (C=O) groups excluding carboxylic acids is 1. The van der Waals surface area contributed by atoms with Crippen molar-refractivity contribution >= 4 is 32.7 Å². The van der Waals surface area contributed by atoms with Gasteiger partial charge < -0.3 is 4.74 Å². The number of fused-ring (bicyclic) bond motifs is 1. The van der Waals surface area contributed by atoms with E-state index in [2.05, 4.69) is 15.9 Å². The van der Waals surface area contributed by atoms with Crippen LogP contribution in [0.2, 0.25) is 0 Å². The van der Waals surface area contributed by atoms with Gasteiger partial charge in [0.25, 0.3) is 5.91 Å². The van der Waals surface area contributed by atoms with Crippen LogP contribution in [0.15, 0.2) is 41.2 Å². The molecule has 0 saturated carbocycles. The molecule has 0 radical (unpaired) electrons. The molecule has 0 fully saturated rings. The number of rotatable bonds is 3. The predicted molar refractivity (Wildman–Crippen MR) is 71.0 cm³/mol. The summed E-state index contributed by atoms with van der Waals surface area (Å²) in [7, 11) is 0. The van der Waals surface area contributed by atoms with Crippen LogP contribution in [0.1, 0.15) is 11.7 Å². The lowest BCUT2D eigenvalue weighted by Gasteiger charge is -2.01. The second kappa shape index (κ2) is 5.35. The third-order valence-electron chi connectivity index (χ3n) is 2.43. The maximum Gasteiger partial charge on any atom is 0.258 e. The fraction of sp³-hybridized carbons (Fsp3) is 0.154. The van der Waals surface area contributed by atoms with Crippen LogP contribution in [0.5, 0.6) is 0 Å². The number of benzene rings is 1. The molecule has 0 amide bonds. The molecule has 0 bridgehead atoms. The van der Waals surface area contributed by atoms with E-state index in [1.54, 1.807) is 12.3 Å². The van der Waals surface area contributed by atoms with Crippen molar-refractivity contribution in [2.75, 3.05) is 6.61 Å². The van der Waals surface area contributed by atoms with Crippen LogP contribution in [-0.2, 0) is 4.74 Å². The maximum absolute atomic E-state index is 13.3. The Hall–Kier alpha value is -1.62. The third-order valence-corrected chi connectivity index (χ3v) is 3.09. The van der Waals surface area contributed by atoms with E-state index < -0.39 is 5.82 Å². The van der Waals surface area contributed by atoms with E-state index in [-0.39, 0.29) is 5.91 Å². The van der Waals surface area contributed by atoms with Gasteiger partial charge in [-0.2, -0.15) is 0 Å². The van der Waals surface area contributed by atoms with Gasteiger partial charge in [0.15, 0.2) is 0 Å². The summed E-state index contributed by atoms with van der Waals surface area (Å²) in [6, 6.07) is 4.45. The van der Waals surface area contributed by atoms with Crippen LogP contribution in [0.3, 0.4) is 0 Å². The zero-order valence-electron chi connectivity index (χ0n) is 9.69. The number of allylic oxidation sites excluding steroid dienone is 1. The van der Waals surface area contributed by atoms with Gasteiger partial charge in [-0.25, -0.2) is 4.39 Å². The number of aromatic nitrogens is 1. The Bertz CT molecular complexity index is 619. The van der Waals surface area contributed by atoms with Crippen molar-refractivity contribution in [1.82, 2.24) is 4.57 Å². The number of carbonyl (C=O) groups is 1. The van der Waals surface area contributed by atoms with E-state index in [0.717, 1.165) is 5.39 Å². The first-order valence-corrected chi connectivity index (χ1v) is 6.21. The summed E-state index contributed by atoms with van der Waals surface area (Å²) in [6.07, 6.45) is 4.25. The first-order valence-electron chi connectivity index (χ1n) is 5.42. The minimum absolute atomic E-state index is 0.282. The molecule has 0 unspecified atom stereocenters. The number of halogens is 2. The largest absolute Gasteiger partial charge is 0.501 e. The molecule has 0 aliphatic rings. The van der Waals surface area contributed by atoms with Gasteiger partial charge in [0.1, 0.15) is 5.82 Å². The molecule has 0 saturated heterocycles. The molecule has 1 aromatic heterocycles. The van der Waals surface area contributed by atoms with E-state index in [9.17, 15) is 9.18 Å². The Morgan fingerprint density at radius 1 is 1.56 bits per heavy atom. The summed E-state index contributed by atoms with van der Waals surface area (Å²) >= 11 is 3.27. The third kappa shape index (κ3) is 2.46. The SMILES string of the molecule is CCOC=CC(=O)n1ccc2c(Br)cc(F)cc21. The number of ether oxygens (including phenoxy) is 1. The molecule has 94 valence electrons. The van der Waals surface area contributed by atoms with Gasteiger partial charge >= 0.3 is 0 Å². The van der Waals surface area contributed by atoms with Crippen LogP contribution >= 0.6 is 15.9 Å². The van der Waals surface area contributed by atoms with Crippen molar-refractivity contribution in [1.29, 1.82) is 0 Å². The second-order valence-corrected chi connectivity index (χ2v) is 4.46. The lowest BCUT2D eigenvalue weighted by Crippen LogP contribution is -2.05. The highest BCUT2D eigenvalue weighted by Crippen LogP contribution is 2.26. The van der Waals surface area contributed by atoms with Crippen LogP contribution in [0.4, 0.5) is 4.39 Å². The molecule has 0 aliphatic heterocycles. The van der Waals surface area contributed by atoms with Gasteiger partial charge in [-0.3, -0.25) is 9.36 Å². The average molecular weight is 312 g/mol. The number of hydrogen-bond donors (Lipinski definition) is 0. The summed E-state index contributed by atoms with van der Waals surface area (Å²) in [5.41, 5.74) is 0.521. The fourth-order valence-corrected chi connectivity index (χ4v) is 2.19. The molecule has 0 spiro atoms. The lowest BCUT2D eigenvalue weighted by atomic mass is 10.2. The highest BCUT2D eigenvalue weighted by molar-refractivity contribution is 9.10. The number of hydrogen-bond acceptors (Lipinski definition) is 2. The average Bonchev–Trinajstić information content (AvgIpc) is 2.73. The van der Waals surface area contributed by atoms with Gasteiger partial charge in [-0.05, 0) is 41.1 Å². The molecule has 0 aliphatic carbocycles. The smallest absolute Gasteiger partial charge is 0.258 e. The van der Waals surface area contributed by atoms with Crippen LogP contribution < -0.4 is 0 Å². The van der Waals surface area contributed by atoms with Gasteiger partial charge in [-0.15, -0.1) is 0 Å². The summed E-state index contributed by atoms with van der Waals surface area (Å²) < 4.78 is 20.3. The highest BCUT2D eigenvalue weighted by atomic mass is 79.9. The predicted octanol–water partition coefficient (Wildman–Crippen LogP) is 3.73. The summed E-state index contributed by atoms with van der Waals surface area (Å²) in [5.74, 6) is -0.674. The second-order valence-electron chi connectivity index (χ2n) is 3.60. The van der Waals surface area contributed by atoms with E-state index in [0.29, 0.717) is 16.6 Å². The Labute approximate surface area is 112 Å². The molecule has 1 heterocycles. The fourth-order valence-electron chi connectivity index (χ4n) is 1.64. The van der Waals surface area contributed by atoms with Crippen LogP contribution in [0, 0.1) is 5.82 Å².